The van der Waals surface area contributed by atoms with Gasteiger partial charge in [-0.3, -0.25) is 0 Å². The fourth-order valence-electron chi connectivity index (χ4n) is 1.61. The third-order valence-electron chi connectivity index (χ3n) is 2.25. The number of rotatable bonds is 1. The van der Waals surface area contributed by atoms with Gasteiger partial charge in [0, 0.05) is 0 Å². The Morgan fingerprint density at radius 3 is 2.77 bits per heavy atom. The summed E-state index contributed by atoms with van der Waals surface area (Å²) in [6.45, 7) is 1.09. The van der Waals surface area contributed by atoms with Gasteiger partial charge in [-0.15, -0.1) is 12.4 Å². The summed E-state index contributed by atoms with van der Waals surface area (Å²) in [6, 6.07) is 4.13. The van der Waals surface area contributed by atoms with Crippen molar-refractivity contribution < 1.29 is 4.42 Å². The number of hydrogen-bond donors (Lipinski definition) is 1. The van der Waals surface area contributed by atoms with Gasteiger partial charge >= 0.3 is 0 Å². The van der Waals surface area contributed by atoms with Crippen LogP contribution < -0.4 is 5.32 Å². The van der Waals surface area contributed by atoms with Gasteiger partial charge in [0.15, 0.2) is 5.22 Å². The predicted octanol–water partition coefficient (Wildman–Crippen LogP) is 3.17. The quantitative estimate of drug-likeness (QED) is 0.789. The number of piperidine rings is 1. The highest BCUT2D eigenvalue weighted by Gasteiger charge is 2.17. The van der Waals surface area contributed by atoms with Crippen LogP contribution >= 0.6 is 24.0 Å². The lowest BCUT2D eigenvalue weighted by Gasteiger charge is -2.21. The van der Waals surface area contributed by atoms with Crippen LogP contribution in [-0.4, -0.2) is 6.54 Å². The molecule has 0 aromatic carbocycles. The van der Waals surface area contributed by atoms with Crippen LogP contribution in [0.2, 0.25) is 5.22 Å². The van der Waals surface area contributed by atoms with Gasteiger partial charge < -0.3 is 9.73 Å². The molecule has 1 aliphatic rings. The molecule has 1 aromatic heterocycles. The second kappa shape index (κ2) is 4.89. The van der Waals surface area contributed by atoms with E-state index in [-0.39, 0.29) is 12.4 Å². The maximum atomic E-state index is 5.69. The van der Waals surface area contributed by atoms with Crippen LogP contribution in [0.25, 0.3) is 0 Å². The number of nitrogens with one attached hydrogen (secondary N) is 1. The average Bonchev–Trinajstić information content (AvgIpc) is 2.54. The van der Waals surface area contributed by atoms with E-state index in [1.54, 1.807) is 6.07 Å². The highest BCUT2D eigenvalue weighted by atomic mass is 35.5. The Morgan fingerprint density at radius 1 is 1.38 bits per heavy atom. The van der Waals surface area contributed by atoms with Crippen molar-refractivity contribution in [2.75, 3.05) is 6.54 Å². The van der Waals surface area contributed by atoms with Crippen LogP contribution in [0.1, 0.15) is 31.1 Å². The van der Waals surface area contributed by atoms with Gasteiger partial charge in [0.05, 0.1) is 6.04 Å². The van der Waals surface area contributed by atoms with Crippen molar-refractivity contribution in [3.05, 3.63) is 23.1 Å². The molecular weight excluding hydrogens is 209 g/mol. The molecule has 2 heterocycles. The van der Waals surface area contributed by atoms with Crippen LogP contribution in [0, 0.1) is 0 Å². The summed E-state index contributed by atoms with van der Waals surface area (Å²) >= 11 is 5.69. The summed E-state index contributed by atoms with van der Waals surface area (Å²) < 4.78 is 5.33. The lowest BCUT2D eigenvalue weighted by Crippen LogP contribution is -2.26. The van der Waals surface area contributed by atoms with Crippen LogP contribution in [-0.2, 0) is 0 Å². The van der Waals surface area contributed by atoms with Gasteiger partial charge in [-0.1, -0.05) is 6.42 Å². The molecular formula is C9H13Cl2NO. The molecule has 1 fully saturated rings. The van der Waals surface area contributed by atoms with Crippen molar-refractivity contribution in [2.24, 2.45) is 0 Å². The first-order valence-electron chi connectivity index (χ1n) is 4.35. The first kappa shape index (κ1) is 10.9. The highest BCUT2D eigenvalue weighted by molar-refractivity contribution is 6.28. The molecule has 2 rings (SSSR count). The van der Waals surface area contributed by atoms with E-state index in [0.717, 1.165) is 18.7 Å². The SMILES string of the molecule is Cl.Clc1ccc([C@H]2CCCCN2)o1. The maximum Gasteiger partial charge on any atom is 0.193 e. The molecule has 1 aromatic rings. The van der Waals surface area contributed by atoms with E-state index < -0.39 is 0 Å². The van der Waals surface area contributed by atoms with E-state index >= 15 is 0 Å². The summed E-state index contributed by atoms with van der Waals surface area (Å²) in [5.41, 5.74) is 0. The second-order valence-electron chi connectivity index (χ2n) is 3.14. The van der Waals surface area contributed by atoms with Crippen molar-refractivity contribution in [2.45, 2.75) is 25.3 Å². The minimum absolute atomic E-state index is 0. The smallest absolute Gasteiger partial charge is 0.193 e. The van der Waals surface area contributed by atoms with Crippen LogP contribution in [0.4, 0.5) is 0 Å². The standard InChI is InChI=1S/C9H12ClNO.ClH/c10-9-5-4-8(12-9)7-3-1-2-6-11-7;/h4-5,7,11H,1-3,6H2;1H/t7-;/m1./s1. The lowest BCUT2D eigenvalue weighted by atomic mass is 10.0. The van der Waals surface area contributed by atoms with Crippen molar-refractivity contribution in [3.8, 4) is 0 Å². The molecule has 1 saturated heterocycles. The van der Waals surface area contributed by atoms with Crippen molar-refractivity contribution in [1.82, 2.24) is 5.32 Å². The van der Waals surface area contributed by atoms with Gasteiger partial charge in [0.1, 0.15) is 5.76 Å². The summed E-state index contributed by atoms with van der Waals surface area (Å²) in [5.74, 6) is 0.972. The Bertz CT molecular complexity index is 256. The Hall–Kier alpha value is -0.180. The number of hydrogen-bond acceptors (Lipinski definition) is 2. The minimum Gasteiger partial charge on any atom is -0.448 e. The molecule has 0 spiro atoms. The zero-order valence-electron chi connectivity index (χ0n) is 7.25. The topological polar surface area (TPSA) is 25.2 Å². The predicted molar refractivity (Wildman–Crippen MR) is 55.6 cm³/mol. The van der Waals surface area contributed by atoms with Gasteiger partial charge in [0.25, 0.3) is 0 Å². The van der Waals surface area contributed by atoms with Gasteiger partial charge in [0.2, 0.25) is 0 Å². The zero-order valence-corrected chi connectivity index (χ0v) is 8.83. The lowest BCUT2D eigenvalue weighted by molar-refractivity contribution is 0.350. The van der Waals surface area contributed by atoms with E-state index in [4.69, 9.17) is 16.0 Å². The van der Waals surface area contributed by atoms with Crippen LogP contribution in [0.3, 0.4) is 0 Å². The molecule has 0 bridgehead atoms. The van der Waals surface area contributed by atoms with Crippen LogP contribution in [0.5, 0.6) is 0 Å². The molecule has 4 heteroatoms. The Kier molecular flexibility index (Phi) is 4.10. The Morgan fingerprint density at radius 2 is 2.23 bits per heavy atom. The largest absolute Gasteiger partial charge is 0.448 e. The zero-order chi connectivity index (χ0) is 8.39. The molecule has 74 valence electrons. The maximum absolute atomic E-state index is 5.69. The fourth-order valence-corrected chi connectivity index (χ4v) is 1.76. The van der Waals surface area contributed by atoms with Gasteiger partial charge in [-0.05, 0) is 43.1 Å². The molecule has 1 aliphatic heterocycles. The summed E-state index contributed by atoms with van der Waals surface area (Å²) in [4.78, 5) is 0. The van der Waals surface area contributed by atoms with Gasteiger partial charge in [-0.2, -0.15) is 0 Å². The summed E-state index contributed by atoms with van der Waals surface area (Å²) in [6.07, 6.45) is 3.70. The average molecular weight is 222 g/mol. The Balaban J connectivity index is 0.000000845. The van der Waals surface area contributed by atoms with E-state index in [1.165, 1.54) is 12.8 Å². The number of halogens is 2. The normalized spacial score (nSPS) is 22.4. The van der Waals surface area contributed by atoms with Crippen LogP contribution in [0.15, 0.2) is 16.5 Å². The van der Waals surface area contributed by atoms with E-state index in [2.05, 4.69) is 5.32 Å². The molecule has 13 heavy (non-hydrogen) atoms. The van der Waals surface area contributed by atoms with E-state index in [0.29, 0.717) is 11.3 Å². The minimum atomic E-state index is 0. The summed E-state index contributed by atoms with van der Waals surface area (Å²) in [7, 11) is 0. The first-order chi connectivity index (χ1) is 5.86. The fraction of sp³-hybridized carbons (Fsp3) is 0.556. The molecule has 0 radical (unpaired) electrons. The molecule has 0 amide bonds. The van der Waals surface area contributed by atoms with Crippen molar-refractivity contribution in [1.29, 1.82) is 0 Å². The monoisotopic (exact) mass is 221 g/mol. The molecule has 0 aliphatic carbocycles. The third kappa shape index (κ3) is 2.63. The molecule has 0 unspecified atom stereocenters. The molecule has 1 N–H and O–H groups in total. The molecule has 2 nitrogen and oxygen atoms in total. The molecule has 1 atom stereocenters. The first-order valence-corrected chi connectivity index (χ1v) is 4.73. The van der Waals surface area contributed by atoms with Crippen molar-refractivity contribution >= 4 is 24.0 Å². The van der Waals surface area contributed by atoms with E-state index in [9.17, 15) is 0 Å². The van der Waals surface area contributed by atoms with Gasteiger partial charge in [-0.25, -0.2) is 0 Å². The highest BCUT2D eigenvalue weighted by Crippen LogP contribution is 2.25. The number of furan rings is 1. The summed E-state index contributed by atoms with van der Waals surface area (Å²) in [5, 5.41) is 3.88. The Labute approximate surface area is 89.1 Å². The van der Waals surface area contributed by atoms with E-state index in [1.807, 2.05) is 6.07 Å². The molecule has 0 saturated carbocycles. The van der Waals surface area contributed by atoms with Crippen molar-refractivity contribution in [3.63, 3.8) is 0 Å². The second-order valence-corrected chi connectivity index (χ2v) is 3.52. The third-order valence-corrected chi connectivity index (χ3v) is 2.45.